The number of aryl methyl sites for hydroxylation is 1. The van der Waals surface area contributed by atoms with Gasteiger partial charge in [0, 0.05) is 25.7 Å². The minimum atomic E-state index is 0.993. The maximum Gasteiger partial charge on any atom is 0.169 e. The van der Waals surface area contributed by atoms with E-state index in [1.165, 1.54) is 11.1 Å². The van der Waals surface area contributed by atoms with Gasteiger partial charge in [0.15, 0.2) is 12.4 Å². The van der Waals surface area contributed by atoms with Gasteiger partial charge in [-0.05, 0) is 23.4 Å². The number of hydrogen-bond acceptors (Lipinski definition) is 1. The van der Waals surface area contributed by atoms with E-state index in [0.717, 1.165) is 6.54 Å². The van der Waals surface area contributed by atoms with Crippen molar-refractivity contribution in [3.63, 3.8) is 0 Å². The lowest BCUT2D eigenvalue weighted by molar-refractivity contribution is -0.671. The summed E-state index contributed by atoms with van der Waals surface area (Å²) in [4.78, 5) is 2.16. The van der Waals surface area contributed by atoms with Gasteiger partial charge in [0.25, 0.3) is 0 Å². The highest BCUT2D eigenvalue weighted by Gasteiger charge is 2.04. The van der Waals surface area contributed by atoms with Gasteiger partial charge in [0.1, 0.15) is 7.05 Å². The van der Waals surface area contributed by atoms with Crippen LogP contribution in [0.3, 0.4) is 0 Å². The smallest absolute Gasteiger partial charge is 0.169 e. The van der Waals surface area contributed by atoms with Crippen LogP contribution in [0.1, 0.15) is 5.56 Å². The minimum absolute atomic E-state index is 0.993. The molecule has 0 saturated heterocycles. The molecule has 0 atom stereocenters. The van der Waals surface area contributed by atoms with Crippen LogP contribution in [0.25, 0.3) is 5.57 Å². The third-order valence-electron chi connectivity index (χ3n) is 2.42. The van der Waals surface area contributed by atoms with Gasteiger partial charge in [-0.25, -0.2) is 4.57 Å². The van der Waals surface area contributed by atoms with E-state index >= 15 is 0 Å². The Labute approximate surface area is 84.8 Å². The Hall–Kier alpha value is -1.57. The standard InChI is InChI=1S/C12H15N2/c1-13-7-3-11(4-8-13)12-5-9-14(2)10-6-12/h3-9H,10H2,1-2H3/q+1. The van der Waals surface area contributed by atoms with Crippen molar-refractivity contribution >= 4 is 5.57 Å². The van der Waals surface area contributed by atoms with Gasteiger partial charge in [0.05, 0.1) is 0 Å². The topological polar surface area (TPSA) is 7.12 Å². The van der Waals surface area contributed by atoms with Gasteiger partial charge < -0.3 is 4.90 Å². The molecule has 1 aromatic rings. The quantitative estimate of drug-likeness (QED) is 0.602. The first kappa shape index (κ1) is 9.00. The average molecular weight is 187 g/mol. The molecule has 0 bridgehead atoms. The van der Waals surface area contributed by atoms with E-state index in [9.17, 15) is 0 Å². The van der Waals surface area contributed by atoms with Crippen LogP contribution in [0.5, 0.6) is 0 Å². The molecule has 1 aromatic heterocycles. The predicted molar refractivity (Wildman–Crippen MR) is 57.4 cm³/mol. The lowest BCUT2D eigenvalue weighted by atomic mass is 10.1. The van der Waals surface area contributed by atoms with E-state index < -0.39 is 0 Å². The van der Waals surface area contributed by atoms with Crippen molar-refractivity contribution in [1.29, 1.82) is 0 Å². The van der Waals surface area contributed by atoms with E-state index in [-0.39, 0.29) is 0 Å². The summed E-state index contributed by atoms with van der Waals surface area (Å²) in [5.74, 6) is 0. The van der Waals surface area contributed by atoms with Crippen LogP contribution in [0.2, 0.25) is 0 Å². The van der Waals surface area contributed by atoms with Crippen molar-refractivity contribution in [2.24, 2.45) is 7.05 Å². The van der Waals surface area contributed by atoms with E-state index in [4.69, 9.17) is 0 Å². The normalized spacial score (nSPS) is 15.6. The summed E-state index contributed by atoms with van der Waals surface area (Å²) < 4.78 is 2.04. The summed E-state index contributed by atoms with van der Waals surface area (Å²) >= 11 is 0. The maximum atomic E-state index is 2.25. The fourth-order valence-corrected chi connectivity index (χ4v) is 1.49. The summed E-state index contributed by atoms with van der Waals surface area (Å²) in [6.45, 7) is 0.993. The maximum absolute atomic E-state index is 2.25. The van der Waals surface area contributed by atoms with Crippen molar-refractivity contribution in [3.8, 4) is 0 Å². The van der Waals surface area contributed by atoms with E-state index in [1.807, 2.05) is 11.6 Å². The Bertz CT molecular complexity index is 374. The molecule has 0 amide bonds. The molecule has 72 valence electrons. The molecule has 0 saturated carbocycles. The molecule has 2 rings (SSSR count). The summed E-state index contributed by atoms with van der Waals surface area (Å²) in [7, 11) is 4.11. The van der Waals surface area contributed by atoms with Crippen LogP contribution in [0, 0.1) is 0 Å². The second kappa shape index (κ2) is 3.66. The van der Waals surface area contributed by atoms with Crippen LogP contribution in [0.4, 0.5) is 0 Å². The van der Waals surface area contributed by atoms with Gasteiger partial charge in [0.2, 0.25) is 0 Å². The molecule has 0 N–H and O–H groups in total. The van der Waals surface area contributed by atoms with Crippen molar-refractivity contribution in [2.45, 2.75) is 0 Å². The minimum Gasteiger partial charge on any atom is -0.377 e. The van der Waals surface area contributed by atoms with Gasteiger partial charge in [-0.3, -0.25) is 0 Å². The van der Waals surface area contributed by atoms with Gasteiger partial charge in [-0.2, -0.15) is 0 Å². The third kappa shape index (κ3) is 1.84. The Balaban J connectivity index is 2.24. The Morgan fingerprint density at radius 1 is 1.29 bits per heavy atom. The highest BCUT2D eigenvalue weighted by atomic mass is 15.1. The number of rotatable bonds is 1. The summed E-state index contributed by atoms with van der Waals surface area (Å²) in [6, 6.07) is 4.28. The van der Waals surface area contributed by atoms with Crippen LogP contribution < -0.4 is 4.57 Å². The zero-order valence-corrected chi connectivity index (χ0v) is 8.64. The highest BCUT2D eigenvalue weighted by molar-refractivity contribution is 5.74. The summed E-state index contributed by atoms with van der Waals surface area (Å²) in [6.07, 6.45) is 10.7. The van der Waals surface area contributed by atoms with Gasteiger partial charge in [-0.1, -0.05) is 6.08 Å². The SMILES string of the molecule is CN1C=CC(c2cc[n+](C)cc2)=CC1. The Morgan fingerprint density at radius 2 is 2.00 bits per heavy atom. The number of nitrogens with zero attached hydrogens (tertiary/aromatic N) is 2. The first-order chi connectivity index (χ1) is 6.75. The number of aromatic nitrogens is 1. The van der Waals surface area contributed by atoms with Crippen molar-refractivity contribution in [3.05, 3.63) is 48.4 Å². The second-order valence-electron chi connectivity index (χ2n) is 3.67. The van der Waals surface area contributed by atoms with Crippen molar-refractivity contribution in [2.75, 3.05) is 13.6 Å². The molecular weight excluding hydrogens is 172 g/mol. The highest BCUT2D eigenvalue weighted by Crippen LogP contribution is 2.17. The van der Waals surface area contributed by atoms with Crippen LogP contribution in [-0.4, -0.2) is 18.5 Å². The van der Waals surface area contributed by atoms with Crippen molar-refractivity contribution in [1.82, 2.24) is 4.90 Å². The van der Waals surface area contributed by atoms with Crippen LogP contribution in [0.15, 0.2) is 42.9 Å². The molecule has 2 nitrogen and oxygen atoms in total. The summed E-state index contributed by atoms with van der Waals surface area (Å²) in [5, 5.41) is 0. The molecule has 0 fully saturated rings. The Morgan fingerprint density at radius 3 is 2.57 bits per heavy atom. The monoisotopic (exact) mass is 187 g/mol. The van der Waals surface area contributed by atoms with Crippen LogP contribution >= 0.6 is 0 Å². The molecule has 2 heterocycles. The lowest BCUT2D eigenvalue weighted by Gasteiger charge is -2.16. The van der Waals surface area contributed by atoms with E-state index in [2.05, 4.69) is 54.8 Å². The second-order valence-corrected chi connectivity index (χ2v) is 3.67. The molecule has 0 aromatic carbocycles. The molecule has 0 aliphatic carbocycles. The van der Waals surface area contributed by atoms with Gasteiger partial charge >= 0.3 is 0 Å². The third-order valence-corrected chi connectivity index (χ3v) is 2.42. The van der Waals surface area contributed by atoms with Crippen molar-refractivity contribution < 1.29 is 4.57 Å². The zero-order chi connectivity index (χ0) is 9.97. The zero-order valence-electron chi connectivity index (χ0n) is 8.64. The van der Waals surface area contributed by atoms with Gasteiger partial charge in [-0.15, -0.1) is 0 Å². The predicted octanol–water partition coefficient (Wildman–Crippen LogP) is 1.35. The molecule has 2 heteroatoms. The molecule has 1 aliphatic heterocycles. The van der Waals surface area contributed by atoms with E-state index in [1.54, 1.807) is 0 Å². The average Bonchev–Trinajstić information content (AvgIpc) is 2.21. The first-order valence-corrected chi connectivity index (χ1v) is 4.80. The number of hydrogen-bond donors (Lipinski definition) is 0. The summed E-state index contributed by atoms with van der Waals surface area (Å²) in [5.41, 5.74) is 2.59. The fraction of sp³-hybridized carbons (Fsp3) is 0.250. The first-order valence-electron chi connectivity index (χ1n) is 4.80. The molecule has 14 heavy (non-hydrogen) atoms. The Kier molecular flexibility index (Phi) is 2.35. The molecule has 0 radical (unpaired) electrons. The fourth-order valence-electron chi connectivity index (χ4n) is 1.49. The van der Waals surface area contributed by atoms with Crippen LogP contribution in [-0.2, 0) is 7.05 Å². The lowest BCUT2D eigenvalue weighted by Crippen LogP contribution is -2.26. The largest absolute Gasteiger partial charge is 0.377 e. The van der Waals surface area contributed by atoms with E-state index in [0.29, 0.717) is 0 Å². The molecule has 0 spiro atoms. The number of allylic oxidation sites excluding steroid dienone is 2. The molecule has 1 aliphatic rings. The molecular formula is C12H15N2+. The number of pyridine rings is 1. The number of likely N-dealkylation sites (N-methyl/N-ethyl adjacent to an activating group) is 1. The molecule has 0 unspecified atom stereocenters.